The summed E-state index contributed by atoms with van der Waals surface area (Å²) in [5.74, 6) is -0.241. The number of rotatable bonds is 7. The molecule has 0 radical (unpaired) electrons. The third-order valence-corrected chi connectivity index (χ3v) is 5.75. The van der Waals surface area contributed by atoms with Gasteiger partial charge in [0.25, 0.3) is 0 Å². The van der Waals surface area contributed by atoms with Crippen molar-refractivity contribution < 1.29 is 23.6 Å². The van der Waals surface area contributed by atoms with Gasteiger partial charge in [-0.2, -0.15) is 0 Å². The molecule has 0 saturated heterocycles. The van der Waals surface area contributed by atoms with Crippen LogP contribution in [-0.2, 0) is 18.4 Å². The molecule has 6 nitrogen and oxygen atoms in total. The molecule has 0 aromatic carbocycles. The minimum atomic E-state index is -3.59. The van der Waals surface area contributed by atoms with Gasteiger partial charge in [0, 0.05) is 11.8 Å². The molecule has 0 bridgehead atoms. The normalized spacial score (nSPS) is 17.6. The fourth-order valence-corrected chi connectivity index (χ4v) is 3.39. The van der Waals surface area contributed by atoms with E-state index in [1.807, 2.05) is 0 Å². The quantitative estimate of drug-likeness (QED) is 0.441. The van der Waals surface area contributed by atoms with E-state index < -0.39 is 12.9 Å². The van der Waals surface area contributed by atoms with E-state index in [0.29, 0.717) is 0 Å². The number of nitrogens with zero attached hydrogens (tertiary/aromatic N) is 1. The summed E-state index contributed by atoms with van der Waals surface area (Å²) in [6.45, 7) is 6.83. The van der Waals surface area contributed by atoms with Crippen molar-refractivity contribution in [2.24, 2.45) is 0 Å². The second-order valence-corrected chi connectivity index (χ2v) is 7.44. The summed E-state index contributed by atoms with van der Waals surface area (Å²) in [7, 11) is -3.59. The molecule has 118 valence electrons. The van der Waals surface area contributed by atoms with Crippen molar-refractivity contribution in [2.75, 3.05) is 13.2 Å². The standard InChI is InChI=1S/C14H22NO5P/c1-5-19-21(18,20-6-2)14(3,4)15(17)11-12-9-7-8-10-13(12)16/h7-11,17H,5-6H2,1-4H3. The Kier molecular flexibility index (Phi) is 6.10. The van der Waals surface area contributed by atoms with Gasteiger partial charge in [0.2, 0.25) is 0 Å². The number of hydrogen-bond acceptors (Lipinski definition) is 6. The van der Waals surface area contributed by atoms with Crippen LogP contribution in [0.25, 0.3) is 0 Å². The summed E-state index contributed by atoms with van der Waals surface area (Å²) >= 11 is 0. The number of ketones is 1. The largest absolute Gasteiger partial charge is 0.357 e. The van der Waals surface area contributed by atoms with Gasteiger partial charge in [-0.1, -0.05) is 12.2 Å². The fraction of sp³-hybridized carbons (Fsp3) is 0.500. The Bertz CT molecular complexity index is 511. The lowest BCUT2D eigenvalue weighted by atomic mass is 10.1. The minimum Gasteiger partial charge on any atom is -0.307 e. The van der Waals surface area contributed by atoms with E-state index >= 15 is 0 Å². The first-order valence-corrected chi connectivity index (χ1v) is 8.31. The van der Waals surface area contributed by atoms with E-state index in [2.05, 4.69) is 0 Å². The predicted molar refractivity (Wildman–Crippen MR) is 79.9 cm³/mol. The molecular weight excluding hydrogens is 293 g/mol. The number of hydrogen-bond donors (Lipinski definition) is 1. The van der Waals surface area contributed by atoms with Gasteiger partial charge in [0.1, 0.15) is 0 Å². The highest BCUT2D eigenvalue weighted by Gasteiger charge is 2.47. The van der Waals surface area contributed by atoms with Gasteiger partial charge in [0.15, 0.2) is 11.1 Å². The van der Waals surface area contributed by atoms with Crippen LogP contribution < -0.4 is 0 Å². The van der Waals surface area contributed by atoms with Crippen molar-refractivity contribution in [2.45, 2.75) is 33.0 Å². The molecule has 0 amide bonds. The highest BCUT2D eigenvalue weighted by atomic mass is 31.2. The van der Waals surface area contributed by atoms with Crippen molar-refractivity contribution in [3.63, 3.8) is 0 Å². The summed E-state index contributed by atoms with van der Waals surface area (Å²) in [5, 5.41) is 9.64. The summed E-state index contributed by atoms with van der Waals surface area (Å²) in [6, 6.07) is 0. The molecule has 7 heteroatoms. The SMILES string of the molecule is CCOP(=O)(OCC)C(C)(C)N(O)C=C1C=CC=CC1=O. The fourth-order valence-electron chi connectivity index (χ4n) is 1.70. The maximum atomic E-state index is 12.8. The van der Waals surface area contributed by atoms with Crippen molar-refractivity contribution in [3.8, 4) is 0 Å². The van der Waals surface area contributed by atoms with Gasteiger partial charge in [0.05, 0.1) is 13.2 Å². The van der Waals surface area contributed by atoms with Crippen molar-refractivity contribution in [1.82, 2.24) is 5.06 Å². The Morgan fingerprint density at radius 1 is 1.24 bits per heavy atom. The van der Waals surface area contributed by atoms with E-state index in [1.165, 1.54) is 26.1 Å². The second kappa shape index (κ2) is 7.18. The molecule has 21 heavy (non-hydrogen) atoms. The Balaban J connectivity index is 3.07. The number of carbonyl (C=O) groups excluding carboxylic acids is 1. The molecule has 0 heterocycles. The van der Waals surface area contributed by atoms with Gasteiger partial charge in [-0.15, -0.1) is 0 Å². The van der Waals surface area contributed by atoms with Crippen LogP contribution in [-0.4, -0.2) is 34.5 Å². The lowest BCUT2D eigenvalue weighted by Crippen LogP contribution is -2.39. The average Bonchev–Trinajstić information content (AvgIpc) is 2.41. The zero-order valence-electron chi connectivity index (χ0n) is 12.8. The highest BCUT2D eigenvalue weighted by molar-refractivity contribution is 7.55. The van der Waals surface area contributed by atoms with E-state index in [4.69, 9.17) is 9.05 Å². The molecule has 0 aliphatic heterocycles. The zero-order valence-corrected chi connectivity index (χ0v) is 13.7. The molecule has 0 saturated carbocycles. The highest BCUT2D eigenvalue weighted by Crippen LogP contribution is 2.60. The Morgan fingerprint density at radius 3 is 2.24 bits per heavy atom. The van der Waals surface area contributed by atoms with E-state index in [1.54, 1.807) is 32.1 Å². The maximum Gasteiger partial charge on any atom is 0.357 e. The summed E-state index contributed by atoms with van der Waals surface area (Å²) in [4.78, 5) is 11.7. The maximum absolute atomic E-state index is 12.8. The van der Waals surface area contributed by atoms with Crippen LogP contribution in [0.4, 0.5) is 0 Å². The molecule has 1 aliphatic carbocycles. The van der Waals surface area contributed by atoms with Crippen LogP contribution in [0.2, 0.25) is 0 Å². The van der Waals surface area contributed by atoms with Crippen LogP contribution >= 0.6 is 7.60 Å². The first kappa shape index (κ1) is 17.9. The minimum absolute atomic E-state index is 0.187. The zero-order chi connectivity index (χ0) is 16.1. The van der Waals surface area contributed by atoms with E-state index in [0.717, 1.165) is 5.06 Å². The van der Waals surface area contributed by atoms with Crippen molar-refractivity contribution in [1.29, 1.82) is 0 Å². The molecule has 0 atom stereocenters. The molecule has 1 rings (SSSR count). The van der Waals surface area contributed by atoms with Gasteiger partial charge in [-0.3, -0.25) is 14.6 Å². The lowest BCUT2D eigenvalue weighted by Gasteiger charge is -2.37. The van der Waals surface area contributed by atoms with Gasteiger partial charge in [-0.25, -0.2) is 5.06 Å². The summed E-state index contributed by atoms with van der Waals surface area (Å²) in [6.07, 6.45) is 7.47. The van der Waals surface area contributed by atoms with Crippen LogP contribution in [0.5, 0.6) is 0 Å². The number of hydroxylamine groups is 2. The Labute approximate surface area is 125 Å². The summed E-state index contributed by atoms with van der Waals surface area (Å²) < 4.78 is 23.3. The molecule has 1 aliphatic rings. The molecule has 0 aromatic rings. The Morgan fingerprint density at radius 2 is 1.76 bits per heavy atom. The molecule has 0 fully saturated rings. The molecule has 0 aromatic heterocycles. The second-order valence-electron chi connectivity index (χ2n) is 4.84. The molecule has 0 spiro atoms. The lowest BCUT2D eigenvalue weighted by molar-refractivity contribution is -0.113. The van der Waals surface area contributed by atoms with Crippen molar-refractivity contribution in [3.05, 3.63) is 36.1 Å². The molecule has 1 N–H and O–H groups in total. The first-order chi connectivity index (χ1) is 9.78. The van der Waals surface area contributed by atoms with Gasteiger partial charge >= 0.3 is 7.60 Å². The van der Waals surface area contributed by atoms with Crippen molar-refractivity contribution >= 4 is 13.4 Å². The predicted octanol–water partition coefficient (Wildman–Crippen LogP) is 3.26. The van der Waals surface area contributed by atoms with E-state index in [-0.39, 0.29) is 24.6 Å². The first-order valence-electron chi connectivity index (χ1n) is 6.76. The summed E-state index contributed by atoms with van der Waals surface area (Å²) in [5.41, 5.74) is 0.285. The third-order valence-electron chi connectivity index (χ3n) is 3.01. The van der Waals surface area contributed by atoms with Crippen LogP contribution in [0.15, 0.2) is 36.1 Å². The topological polar surface area (TPSA) is 76.1 Å². The average molecular weight is 315 g/mol. The Hall–Kier alpha value is -1.20. The van der Waals surface area contributed by atoms with Crippen LogP contribution in [0.3, 0.4) is 0 Å². The van der Waals surface area contributed by atoms with Crippen LogP contribution in [0, 0.1) is 0 Å². The van der Waals surface area contributed by atoms with Crippen LogP contribution in [0.1, 0.15) is 27.7 Å². The monoisotopic (exact) mass is 315 g/mol. The van der Waals surface area contributed by atoms with Gasteiger partial charge < -0.3 is 9.05 Å². The number of allylic oxidation sites excluding steroid dienone is 5. The molecular formula is C14H22NO5P. The van der Waals surface area contributed by atoms with Gasteiger partial charge in [-0.05, 0) is 39.8 Å². The van der Waals surface area contributed by atoms with E-state index in [9.17, 15) is 14.6 Å². The molecule has 0 unspecified atom stereocenters. The third kappa shape index (κ3) is 3.92. The smallest absolute Gasteiger partial charge is 0.307 e. The number of carbonyl (C=O) groups is 1.